The molecule has 2 aromatic rings. The van der Waals surface area contributed by atoms with Crippen molar-refractivity contribution in [2.75, 3.05) is 13.3 Å². The van der Waals surface area contributed by atoms with Crippen LogP contribution in [-0.2, 0) is 4.57 Å². The molecule has 4 heteroatoms. The number of ether oxygens (including phenoxy) is 1. The van der Waals surface area contributed by atoms with Gasteiger partial charge in [-0.3, -0.25) is 0 Å². The summed E-state index contributed by atoms with van der Waals surface area (Å²) in [6, 6.07) is 17.1. The second kappa shape index (κ2) is 5.41. The summed E-state index contributed by atoms with van der Waals surface area (Å²) in [6.45, 7) is 2.79. The predicted octanol–water partition coefficient (Wildman–Crippen LogP) is 4.48. The van der Waals surface area contributed by atoms with Gasteiger partial charge in [0.15, 0.2) is 7.14 Å². The lowest BCUT2D eigenvalue weighted by Crippen LogP contribution is -2.04. The summed E-state index contributed by atoms with van der Waals surface area (Å²) in [4.78, 5) is 11.5. The minimum Gasteiger partial charge on any atom is -0.421 e. The van der Waals surface area contributed by atoms with Gasteiger partial charge in [0.2, 0.25) is 0 Å². The van der Waals surface area contributed by atoms with Crippen molar-refractivity contribution in [1.82, 2.24) is 0 Å². The molecule has 19 heavy (non-hydrogen) atoms. The van der Waals surface area contributed by atoms with E-state index in [2.05, 4.69) is 0 Å². The van der Waals surface area contributed by atoms with Crippen LogP contribution in [0.4, 0.5) is 4.79 Å². The van der Waals surface area contributed by atoms with E-state index in [1.807, 2.05) is 42.5 Å². The van der Waals surface area contributed by atoms with Gasteiger partial charge in [-0.1, -0.05) is 42.5 Å². The fourth-order valence-electron chi connectivity index (χ4n) is 1.56. The van der Waals surface area contributed by atoms with Crippen LogP contribution in [0.15, 0.2) is 54.6 Å². The molecule has 0 aliphatic rings. The molecule has 0 aromatic heterocycles. The zero-order valence-electron chi connectivity index (χ0n) is 10.9. The van der Waals surface area contributed by atoms with Crippen LogP contribution in [0.3, 0.4) is 0 Å². The second-order valence-electron chi connectivity index (χ2n) is 4.61. The molecule has 98 valence electrons. The molecule has 0 spiro atoms. The Labute approximate surface area is 112 Å². The summed E-state index contributed by atoms with van der Waals surface area (Å²) >= 11 is 0. The third kappa shape index (κ3) is 3.55. The smallest absolute Gasteiger partial charge is 0.368 e. The van der Waals surface area contributed by atoms with Crippen molar-refractivity contribution < 1.29 is 14.1 Å². The third-order valence-corrected chi connectivity index (χ3v) is 3.58. The quantitative estimate of drug-likeness (QED) is 0.775. The molecule has 0 aliphatic heterocycles. The summed E-state index contributed by atoms with van der Waals surface area (Å²) in [7, 11) is -2.85. The molecule has 0 aliphatic carbocycles. The molecule has 0 amide bonds. The van der Waals surface area contributed by atoms with E-state index in [0.29, 0.717) is 5.75 Å². The first kappa shape index (κ1) is 13.6. The highest BCUT2D eigenvalue weighted by Gasteiger charge is 2.21. The first-order valence-electron chi connectivity index (χ1n) is 5.90. The lowest BCUT2D eigenvalue weighted by atomic mass is 10.1. The van der Waals surface area contributed by atoms with Crippen molar-refractivity contribution in [2.24, 2.45) is 0 Å². The zero-order chi connectivity index (χ0) is 13.9. The van der Waals surface area contributed by atoms with Crippen LogP contribution in [0.25, 0.3) is 11.1 Å². The van der Waals surface area contributed by atoms with Crippen molar-refractivity contribution in [3.63, 3.8) is 0 Å². The molecule has 0 atom stereocenters. The molecule has 0 saturated carbocycles. The van der Waals surface area contributed by atoms with Crippen molar-refractivity contribution in [1.29, 1.82) is 0 Å². The molecule has 3 nitrogen and oxygen atoms in total. The van der Waals surface area contributed by atoms with E-state index in [-0.39, 0.29) is 0 Å². The van der Waals surface area contributed by atoms with Crippen LogP contribution >= 0.6 is 7.14 Å². The Morgan fingerprint density at radius 3 is 1.95 bits per heavy atom. The van der Waals surface area contributed by atoms with Gasteiger partial charge in [0.05, 0.1) is 0 Å². The van der Waals surface area contributed by atoms with Gasteiger partial charge in [-0.25, -0.2) is 4.79 Å². The highest BCUT2D eigenvalue weighted by atomic mass is 31.2. The molecule has 0 fully saturated rings. The number of rotatable bonds is 3. The maximum Gasteiger partial charge on any atom is 0.368 e. The highest BCUT2D eigenvalue weighted by molar-refractivity contribution is 7.78. The lowest BCUT2D eigenvalue weighted by molar-refractivity contribution is 0.224. The molecule has 0 unspecified atom stereocenters. The summed E-state index contributed by atoms with van der Waals surface area (Å²) in [6.07, 6.45) is 0. The molecule has 2 rings (SSSR count). The Balaban J connectivity index is 2.16. The maximum absolute atomic E-state index is 11.5. The Hall–Kier alpha value is -1.86. The fraction of sp³-hybridized carbons (Fsp3) is 0.133. The predicted molar refractivity (Wildman–Crippen MR) is 77.4 cm³/mol. The molecule has 2 aromatic carbocycles. The topological polar surface area (TPSA) is 43.4 Å². The molecule has 0 radical (unpaired) electrons. The normalized spacial score (nSPS) is 11.1. The summed E-state index contributed by atoms with van der Waals surface area (Å²) in [5.74, 6) is 0.411. The van der Waals surface area contributed by atoms with E-state index in [1.54, 1.807) is 12.1 Å². The monoisotopic (exact) mass is 274 g/mol. The average molecular weight is 274 g/mol. The number of carbonyl (C=O) groups excluding carboxylic acids is 1. The van der Waals surface area contributed by atoms with E-state index in [9.17, 15) is 9.36 Å². The van der Waals surface area contributed by atoms with Gasteiger partial charge in [-0.05, 0) is 36.6 Å². The number of hydrogen-bond acceptors (Lipinski definition) is 3. The molecule has 0 bridgehead atoms. The van der Waals surface area contributed by atoms with Crippen LogP contribution in [-0.4, -0.2) is 19.0 Å². The fourth-order valence-corrected chi connectivity index (χ4v) is 1.88. The zero-order valence-corrected chi connectivity index (χ0v) is 11.8. The van der Waals surface area contributed by atoms with Crippen molar-refractivity contribution >= 4 is 12.9 Å². The first-order valence-corrected chi connectivity index (χ1v) is 8.50. The molecule has 0 N–H and O–H groups in total. The molecule has 0 heterocycles. The second-order valence-corrected chi connectivity index (χ2v) is 7.68. The van der Waals surface area contributed by atoms with Gasteiger partial charge < -0.3 is 9.30 Å². The van der Waals surface area contributed by atoms with Gasteiger partial charge in [-0.2, -0.15) is 0 Å². The van der Waals surface area contributed by atoms with Crippen LogP contribution in [0.5, 0.6) is 5.75 Å². The van der Waals surface area contributed by atoms with Gasteiger partial charge in [0, 0.05) is 0 Å². The Morgan fingerprint density at radius 1 is 0.895 bits per heavy atom. The number of benzene rings is 2. The largest absolute Gasteiger partial charge is 0.421 e. The van der Waals surface area contributed by atoms with Gasteiger partial charge >= 0.3 is 5.71 Å². The Kier molecular flexibility index (Phi) is 3.87. The minimum atomic E-state index is -2.85. The van der Waals surface area contributed by atoms with Crippen LogP contribution < -0.4 is 4.74 Å². The van der Waals surface area contributed by atoms with Gasteiger partial charge in [0.1, 0.15) is 5.75 Å². The first-order chi connectivity index (χ1) is 8.97. The van der Waals surface area contributed by atoms with E-state index in [4.69, 9.17) is 4.74 Å². The van der Waals surface area contributed by atoms with E-state index in [1.165, 1.54) is 13.3 Å². The van der Waals surface area contributed by atoms with Gasteiger partial charge in [0.25, 0.3) is 0 Å². The van der Waals surface area contributed by atoms with Crippen molar-refractivity contribution in [3.8, 4) is 16.9 Å². The summed E-state index contributed by atoms with van der Waals surface area (Å²) in [5.41, 5.74) is 1.47. The van der Waals surface area contributed by atoms with Crippen LogP contribution in [0, 0.1) is 0 Å². The molecular formula is C15H15O3P. The van der Waals surface area contributed by atoms with E-state index < -0.39 is 12.9 Å². The van der Waals surface area contributed by atoms with Gasteiger partial charge in [-0.15, -0.1) is 0 Å². The number of carbonyl (C=O) groups is 1. The average Bonchev–Trinajstić information content (AvgIpc) is 2.39. The van der Waals surface area contributed by atoms with Crippen LogP contribution in [0.1, 0.15) is 0 Å². The lowest BCUT2D eigenvalue weighted by Gasteiger charge is -2.08. The van der Waals surface area contributed by atoms with Crippen molar-refractivity contribution in [2.45, 2.75) is 0 Å². The van der Waals surface area contributed by atoms with E-state index >= 15 is 0 Å². The summed E-state index contributed by atoms with van der Waals surface area (Å²) < 4.78 is 16.6. The molecular weight excluding hydrogens is 259 g/mol. The Bertz CT molecular complexity index is 612. The number of hydrogen-bond donors (Lipinski definition) is 0. The highest BCUT2D eigenvalue weighted by Crippen LogP contribution is 2.38. The summed E-state index contributed by atoms with van der Waals surface area (Å²) in [5, 5.41) is 0. The van der Waals surface area contributed by atoms with Crippen molar-refractivity contribution in [3.05, 3.63) is 54.6 Å². The third-order valence-electron chi connectivity index (χ3n) is 2.61. The maximum atomic E-state index is 11.5. The van der Waals surface area contributed by atoms with Crippen LogP contribution in [0.2, 0.25) is 0 Å². The van der Waals surface area contributed by atoms with E-state index in [0.717, 1.165) is 11.1 Å². The SMILES string of the molecule is CP(C)(=O)C(=O)Oc1ccc(-c2ccccc2)cc1. The molecule has 0 saturated heterocycles. The minimum absolute atomic E-state index is 0.411. The standard InChI is InChI=1S/C15H15O3P/c1-19(2,17)15(16)18-14-10-8-13(9-11-14)12-6-4-3-5-7-12/h3-11H,1-2H3. The Morgan fingerprint density at radius 2 is 1.42 bits per heavy atom.